The van der Waals surface area contributed by atoms with E-state index in [1.54, 1.807) is 38.1 Å². The number of hydrogen-bond donors (Lipinski definition) is 1. The number of carbonyl (C=O) groups is 1. The number of aryl methyl sites for hydroxylation is 1. The largest absolute Gasteiger partial charge is 0.325 e. The number of nitrogens with zero attached hydrogens (tertiary/aromatic N) is 4. The third-order valence-electron chi connectivity index (χ3n) is 5.96. The normalized spacial score (nSPS) is 11.6. The Labute approximate surface area is 242 Å². The van der Waals surface area contributed by atoms with E-state index in [1.807, 2.05) is 41.8 Å². The molecule has 0 bridgehead atoms. The zero-order valence-corrected chi connectivity index (χ0v) is 24.7. The predicted molar refractivity (Wildman–Crippen MR) is 157 cm³/mol. The van der Waals surface area contributed by atoms with Crippen LogP contribution in [0.3, 0.4) is 0 Å². The molecule has 4 rings (SSSR count). The third-order valence-corrected chi connectivity index (χ3v) is 9.62. The molecule has 4 aromatic rings. The lowest BCUT2D eigenvalue weighted by Gasteiger charge is -2.18. The first kappa shape index (κ1) is 29.1. The molecule has 3 aromatic carbocycles. The van der Waals surface area contributed by atoms with Gasteiger partial charge in [0.25, 0.3) is 0 Å². The van der Waals surface area contributed by atoms with Gasteiger partial charge in [-0.3, -0.25) is 9.36 Å². The first-order valence-corrected chi connectivity index (χ1v) is 15.3. The standard InChI is InChI=1S/C27H27Cl2N5O3S2/c1-4-33(5-2)39(36,37)23-14-11-21(12-15-23)30-25(35)17-38-27-32-31-26(19-7-9-20(28)10-8-19)34(27)22-13-6-18(3)24(29)16-22/h6-16H,4-5,17H2,1-3H3,(H,30,35). The Bertz CT molecular complexity index is 1570. The van der Waals surface area contributed by atoms with Crippen molar-refractivity contribution in [3.05, 3.63) is 82.3 Å². The molecular formula is C27H27Cl2N5O3S2. The molecule has 39 heavy (non-hydrogen) atoms. The fourth-order valence-corrected chi connectivity index (χ4v) is 6.36. The Morgan fingerprint density at radius 1 is 0.974 bits per heavy atom. The van der Waals surface area contributed by atoms with Crippen LogP contribution in [0, 0.1) is 6.92 Å². The van der Waals surface area contributed by atoms with Gasteiger partial charge in [-0.15, -0.1) is 10.2 Å². The van der Waals surface area contributed by atoms with Crippen LogP contribution in [0.2, 0.25) is 10.0 Å². The van der Waals surface area contributed by atoms with E-state index in [-0.39, 0.29) is 16.6 Å². The molecule has 0 atom stereocenters. The van der Waals surface area contributed by atoms with Gasteiger partial charge in [-0.1, -0.05) is 54.9 Å². The summed E-state index contributed by atoms with van der Waals surface area (Å²) in [4.78, 5) is 13.0. The summed E-state index contributed by atoms with van der Waals surface area (Å²) in [5.41, 5.74) is 2.99. The second kappa shape index (κ2) is 12.5. The highest BCUT2D eigenvalue weighted by Gasteiger charge is 2.22. The minimum atomic E-state index is -3.57. The molecule has 204 valence electrons. The van der Waals surface area contributed by atoms with Crippen LogP contribution in [0.5, 0.6) is 0 Å². The first-order chi connectivity index (χ1) is 18.6. The van der Waals surface area contributed by atoms with Gasteiger partial charge in [-0.05, 0) is 73.2 Å². The van der Waals surface area contributed by atoms with Crippen LogP contribution in [0.4, 0.5) is 5.69 Å². The highest BCUT2D eigenvalue weighted by Crippen LogP contribution is 2.31. The van der Waals surface area contributed by atoms with Gasteiger partial charge in [-0.25, -0.2) is 8.42 Å². The second-order valence-corrected chi connectivity index (χ2v) is 12.3. The van der Waals surface area contributed by atoms with Gasteiger partial charge < -0.3 is 5.32 Å². The van der Waals surface area contributed by atoms with Crippen molar-refractivity contribution in [2.24, 2.45) is 0 Å². The molecule has 0 aliphatic heterocycles. The number of hydrogen-bond acceptors (Lipinski definition) is 6. The van der Waals surface area contributed by atoms with Crippen molar-refractivity contribution in [2.75, 3.05) is 24.2 Å². The van der Waals surface area contributed by atoms with E-state index in [2.05, 4.69) is 15.5 Å². The quantitative estimate of drug-likeness (QED) is 0.213. The van der Waals surface area contributed by atoms with Gasteiger partial charge >= 0.3 is 0 Å². The van der Waals surface area contributed by atoms with Gasteiger partial charge in [0.15, 0.2) is 11.0 Å². The summed E-state index contributed by atoms with van der Waals surface area (Å²) >= 11 is 13.7. The number of amides is 1. The number of nitrogens with one attached hydrogen (secondary N) is 1. The molecule has 12 heteroatoms. The summed E-state index contributed by atoms with van der Waals surface area (Å²) in [5.74, 6) is 0.362. The Morgan fingerprint density at radius 3 is 2.26 bits per heavy atom. The van der Waals surface area contributed by atoms with Crippen LogP contribution in [-0.2, 0) is 14.8 Å². The van der Waals surface area contributed by atoms with E-state index >= 15 is 0 Å². The monoisotopic (exact) mass is 603 g/mol. The lowest BCUT2D eigenvalue weighted by atomic mass is 10.2. The molecule has 0 spiro atoms. The number of carbonyl (C=O) groups excluding carboxylic acids is 1. The summed E-state index contributed by atoms with van der Waals surface area (Å²) in [6.07, 6.45) is 0. The maximum Gasteiger partial charge on any atom is 0.243 e. The smallest absolute Gasteiger partial charge is 0.243 e. The molecule has 1 heterocycles. The van der Waals surface area contributed by atoms with Crippen LogP contribution in [-0.4, -0.2) is 52.2 Å². The van der Waals surface area contributed by atoms with Crippen LogP contribution >= 0.6 is 35.0 Å². The molecule has 0 aliphatic carbocycles. The predicted octanol–water partition coefficient (Wildman–Crippen LogP) is 6.31. The molecule has 1 amide bonds. The van der Waals surface area contributed by atoms with Crippen molar-refractivity contribution in [2.45, 2.75) is 30.8 Å². The van der Waals surface area contributed by atoms with Crippen LogP contribution in [0.1, 0.15) is 19.4 Å². The van der Waals surface area contributed by atoms with Crippen molar-refractivity contribution in [1.29, 1.82) is 0 Å². The van der Waals surface area contributed by atoms with Gasteiger partial charge in [0.1, 0.15) is 0 Å². The molecule has 0 unspecified atom stereocenters. The summed E-state index contributed by atoms with van der Waals surface area (Å²) < 4.78 is 28.6. The maximum absolute atomic E-state index is 12.8. The zero-order chi connectivity index (χ0) is 28.2. The number of benzene rings is 3. The number of sulfonamides is 1. The second-order valence-electron chi connectivity index (χ2n) is 8.53. The van der Waals surface area contributed by atoms with Crippen LogP contribution in [0.15, 0.2) is 76.8 Å². The third kappa shape index (κ3) is 6.64. The van der Waals surface area contributed by atoms with E-state index in [9.17, 15) is 13.2 Å². The molecule has 1 N–H and O–H groups in total. The molecule has 8 nitrogen and oxygen atoms in total. The SMILES string of the molecule is CCN(CC)S(=O)(=O)c1ccc(NC(=O)CSc2nnc(-c3ccc(Cl)cc3)n2-c2ccc(C)c(Cl)c2)cc1. The number of thioether (sulfide) groups is 1. The number of anilines is 1. The van der Waals surface area contributed by atoms with Crippen LogP contribution < -0.4 is 5.32 Å². The molecule has 0 saturated heterocycles. The van der Waals surface area contributed by atoms with Gasteiger partial charge in [-0.2, -0.15) is 4.31 Å². The average molecular weight is 605 g/mol. The fourth-order valence-electron chi connectivity index (χ4n) is 3.85. The number of aromatic nitrogens is 3. The van der Waals surface area contributed by atoms with E-state index < -0.39 is 10.0 Å². The van der Waals surface area contributed by atoms with Gasteiger partial charge in [0, 0.05) is 34.4 Å². The first-order valence-electron chi connectivity index (χ1n) is 12.1. The van der Waals surface area contributed by atoms with E-state index in [4.69, 9.17) is 23.2 Å². The summed E-state index contributed by atoms with van der Waals surface area (Å²) in [6, 6.07) is 19.1. The minimum absolute atomic E-state index is 0.0534. The van der Waals surface area contributed by atoms with Crippen molar-refractivity contribution in [3.8, 4) is 17.1 Å². The van der Waals surface area contributed by atoms with Crippen molar-refractivity contribution < 1.29 is 13.2 Å². The number of rotatable bonds is 10. The van der Waals surface area contributed by atoms with Gasteiger partial charge in [0.2, 0.25) is 15.9 Å². The topological polar surface area (TPSA) is 97.2 Å². The molecule has 0 aliphatic rings. The van der Waals surface area contributed by atoms with Crippen molar-refractivity contribution in [3.63, 3.8) is 0 Å². The van der Waals surface area contributed by atoms with E-state index in [0.29, 0.717) is 39.8 Å². The number of halogens is 2. The molecule has 0 saturated carbocycles. The molecule has 0 radical (unpaired) electrons. The fraction of sp³-hybridized carbons (Fsp3) is 0.222. The average Bonchev–Trinajstić information content (AvgIpc) is 3.34. The van der Waals surface area contributed by atoms with Gasteiger partial charge in [0.05, 0.1) is 16.3 Å². The minimum Gasteiger partial charge on any atom is -0.325 e. The Morgan fingerprint density at radius 2 is 1.64 bits per heavy atom. The Hall–Kier alpha value is -2.89. The molecule has 1 aromatic heterocycles. The summed E-state index contributed by atoms with van der Waals surface area (Å²) in [5, 5.41) is 13.2. The Balaban J connectivity index is 1.53. The lowest BCUT2D eigenvalue weighted by molar-refractivity contribution is -0.113. The van der Waals surface area contributed by atoms with Crippen LogP contribution in [0.25, 0.3) is 17.1 Å². The molecule has 0 fully saturated rings. The van der Waals surface area contributed by atoms with E-state index in [1.165, 1.54) is 28.2 Å². The molecular weight excluding hydrogens is 577 g/mol. The highest BCUT2D eigenvalue weighted by molar-refractivity contribution is 7.99. The lowest BCUT2D eigenvalue weighted by Crippen LogP contribution is -2.30. The Kier molecular flexibility index (Phi) is 9.35. The highest BCUT2D eigenvalue weighted by atomic mass is 35.5. The summed E-state index contributed by atoms with van der Waals surface area (Å²) in [6.45, 7) is 6.27. The maximum atomic E-state index is 12.8. The van der Waals surface area contributed by atoms with Crippen molar-refractivity contribution >= 4 is 56.6 Å². The zero-order valence-electron chi connectivity index (χ0n) is 21.6. The summed E-state index contributed by atoms with van der Waals surface area (Å²) in [7, 11) is -3.57. The van der Waals surface area contributed by atoms with Crippen molar-refractivity contribution in [1.82, 2.24) is 19.1 Å². The van der Waals surface area contributed by atoms with E-state index in [0.717, 1.165) is 16.8 Å².